The van der Waals surface area contributed by atoms with E-state index in [-0.39, 0.29) is 35.3 Å². The Morgan fingerprint density at radius 3 is 2.37 bits per heavy atom. The molecule has 3 aromatic rings. The first-order valence-corrected chi connectivity index (χ1v) is 15.0. The number of carbonyl (C=O) groups is 2. The third-order valence-electron chi connectivity index (χ3n) is 9.38. The number of ketones is 2. The van der Waals surface area contributed by atoms with Crippen LogP contribution in [0.25, 0.3) is 16.8 Å². The molecule has 0 bridgehead atoms. The fourth-order valence-corrected chi connectivity index (χ4v) is 7.57. The summed E-state index contributed by atoms with van der Waals surface area (Å²) in [7, 11) is -0.967. The SMILES string of the molecule is CCC/C(=C\c1ccc(O)c2ccccc12)CC[C@H]1OB(O)C[C@H]2C1=C(CC)C[C@H]1C(=O)c3ccccc3C(=O)[C@H]12. The van der Waals surface area contributed by atoms with Gasteiger partial charge in [0.05, 0.1) is 6.10 Å². The van der Waals surface area contributed by atoms with Crippen molar-refractivity contribution in [2.45, 2.75) is 64.8 Å². The van der Waals surface area contributed by atoms with E-state index in [4.69, 9.17) is 4.65 Å². The predicted molar refractivity (Wildman–Crippen MR) is 163 cm³/mol. The van der Waals surface area contributed by atoms with Crippen molar-refractivity contribution in [3.05, 3.63) is 94.1 Å². The molecule has 1 heterocycles. The van der Waals surface area contributed by atoms with Crippen LogP contribution in [0.3, 0.4) is 0 Å². The first kappa shape index (κ1) is 27.7. The van der Waals surface area contributed by atoms with Gasteiger partial charge in [-0.3, -0.25) is 9.59 Å². The molecule has 3 aromatic carbocycles. The third-order valence-corrected chi connectivity index (χ3v) is 9.38. The number of phenols is 1. The molecule has 0 saturated carbocycles. The van der Waals surface area contributed by atoms with E-state index < -0.39 is 13.0 Å². The van der Waals surface area contributed by atoms with Gasteiger partial charge in [-0.05, 0) is 66.9 Å². The summed E-state index contributed by atoms with van der Waals surface area (Å²) < 4.78 is 6.21. The second kappa shape index (κ2) is 11.4. The van der Waals surface area contributed by atoms with Crippen molar-refractivity contribution in [3.63, 3.8) is 0 Å². The Hall–Kier alpha value is -3.48. The van der Waals surface area contributed by atoms with Crippen LogP contribution in [-0.4, -0.2) is 34.9 Å². The normalized spacial score (nSPS) is 24.4. The molecule has 3 aliphatic rings. The molecular formula is C35H37BO5. The first-order chi connectivity index (χ1) is 19.9. The maximum absolute atomic E-state index is 13.8. The van der Waals surface area contributed by atoms with Gasteiger partial charge >= 0.3 is 7.12 Å². The number of aromatic hydroxyl groups is 1. The van der Waals surface area contributed by atoms with Gasteiger partial charge in [-0.1, -0.05) is 92.1 Å². The summed E-state index contributed by atoms with van der Waals surface area (Å²) in [5.74, 6) is -0.646. The number of phenolic OH excluding ortho intramolecular Hbond substituents is 1. The van der Waals surface area contributed by atoms with E-state index in [2.05, 4.69) is 19.9 Å². The first-order valence-electron chi connectivity index (χ1n) is 15.0. The minimum Gasteiger partial charge on any atom is -0.507 e. The van der Waals surface area contributed by atoms with Crippen LogP contribution in [-0.2, 0) is 4.65 Å². The minimum atomic E-state index is -0.967. The maximum Gasteiger partial charge on any atom is 0.455 e. The van der Waals surface area contributed by atoms with Crippen molar-refractivity contribution in [1.82, 2.24) is 0 Å². The maximum atomic E-state index is 13.8. The molecule has 6 heteroatoms. The van der Waals surface area contributed by atoms with Gasteiger partial charge in [0.2, 0.25) is 0 Å². The van der Waals surface area contributed by atoms with Gasteiger partial charge in [0.1, 0.15) is 5.75 Å². The average molecular weight is 548 g/mol. The smallest absolute Gasteiger partial charge is 0.455 e. The molecule has 5 nitrogen and oxygen atoms in total. The standard InChI is InChI=1S/C35H37BO5/c1-3-9-21(18-23-15-16-30(37)25-11-6-5-10-24(23)25)14-17-31-32-22(4-2)19-28-33(29(32)20-36(40)41-31)35(39)27-13-8-7-12-26(27)34(28)38/h5-8,10-13,15-16,18,28-29,31,33,37,40H,3-4,9,14,17,19-20H2,1-2H3/b21-18+/t28-,29+,31-,33-/m1/s1. The Kier molecular flexibility index (Phi) is 7.71. The molecular weight excluding hydrogens is 511 g/mol. The highest BCUT2D eigenvalue weighted by Gasteiger charge is 2.53. The van der Waals surface area contributed by atoms with E-state index in [1.165, 1.54) is 11.1 Å². The average Bonchev–Trinajstić information content (AvgIpc) is 2.99. The lowest BCUT2D eigenvalue weighted by Gasteiger charge is -2.47. The molecule has 210 valence electrons. The predicted octanol–water partition coefficient (Wildman–Crippen LogP) is 7.43. The molecule has 0 amide bonds. The molecule has 1 aliphatic heterocycles. The molecule has 6 rings (SSSR count). The van der Waals surface area contributed by atoms with Crippen molar-refractivity contribution >= 4 is 35.5 Å². The fourth-order valence-electron chi connectivity index (χ4n) is 7.57. The molecule has 0 unspecified atom stereocenters. The van der Waals surface area contributed by atoms with Crippen LogP contribution in [0.2, 0.25) is 6.32 Å². The largest absolute Gasteiger partial charge is 0.507 e. The summed E-state index contributed by atoms with van der Waals surface area (Å²) in [6, 6.07) is 18.8. The van der Waals surface area contributed by atoms with Crippen LogP contribution in [0, 0.1) is 17.8 Å². The minimum absolute atomic E-state index is 0.0291. The van der Waals surface area contributed by atoms with Gasteiger partial charge in [-0.2, -0.15) is 0 Å². The van der Waals surface area contributed by atoms with Crippen LogP contribution in [0.1, 0.15) is 78.7 Å². The number of hydrogen-bond acceptors (Lipinski definition) is 5. The zero-order valence-electron chi connectivity index (χ0n) is 23.8. The highest BCUT2D eigenvalue weighted by Crippen LogP contribution is 2.51. The highest BCUT2D eigenvalue weighted by molar-refractivity contribution is 6.43. The van der Waals surface area contributed by atoms with Gasteiger partial charge in [0.15, 0.2) is 11.6 Å². The van der Waals surface area contributed by atoms with Crippen LogP contribution in [0.15, 0.2) is 77.4 Å². The molecule has 2 aliphatic carbocycles. The van der Waals surface area contributed by atoms with Crippen molar-refractivity contribution in [2.75, 3.05) is 0 Å². The Morgan fingerprint density at radius 1 is 0.927 bits per heavy atom. The second-order valence-corrected chi connectivity index (χ2v) is 11.8. The number of Topliss-reactive ketones (excluding diaryl/α,β-unsaturated/α-hetero) is 2. The van der Waals surface area contributed by atoms with Crippen LogP contribution in [0.4, 0.5) is 0 Å². The molecule has 0 aromatic heterocycles. The Morgan fingerprint density at radius 2 is 1.63 bits per heavy atom. The lowest BCUT2D eigenvalue weighted by molar-refractivity contribution is 0.0599. The van der Waals surface area contributed by atoms with Crippen molar-refractivity contribution in [1.29, 1.82) is 0 Å². The number of allylic oxidation sites excluding steroid dienone is 2. The Labute approximate surface area is 242 Å². The van der Waals surface area contributed by atoms with Gasteiger partial charge in [0, 0.05) is 28.3 Å². The van der Waals surface area contributed by atoms with Crippen LogP contribution >= 0.6 is 0 Å². The quantitative estimate of drug-likeness (QED) is 0.237. The lowest BCUT2D eigenvalue weighted by Crippen LogP contribution is -2.50. The third kappa shape index (κ3) is 4.98. The monoisotopic (exact) mass is 548 g/mol. The second-order valence-electron chi connectivity index (χ2n) is 11.8. The van der Waals surface area contributed by atoms with Crippen molar-refractivity contribution in [2.24, 2.45) is 17.8 Å². The Balaban J connectivity index is 1.32. The van der Waals surface area contributed by atoms with E-state index in [1.807, 2.05) is 42.5 Å². The van der Waals surface area contributed by atoms with Gasteiger partial charge in [-0.15, -0.1) is 0 Å². The fraction of sp³-hybridized carbons (Fsp3) is 0.371. The summed E-state index contributed by atoms with van der Waals surface area (Å²) >= 11 is 0. The van der Waals surface area contributed by atoms with E-state index in [9.17, 15) is 19.7 Å². The van der Waals surface area contributed by atoms with Crippen LogP contribution < -0.4 is 0 Å². The van der Waals surface area contributed by atoms with Crippen LogP contribution in [0.5, 0.6) is 5.75 Å². The molecule has 4 atom stereocenters. The molecule has 0 spiro atoms. The molecule has 2 N–H and O–H groups in total. The summed E-state index contributed by atoms with van der Waals surface area (Å²) in [6.07, 6.45) is 7.08. The van der Waals surface area contributed by atoms with Gasteiger partial charge in [0.25, 0.3) is 0 Å². The molecule has 1 saturated heterocycles. The summed E-state index contributed by atoms with van der Waals surface area (Å²) in [5.41, 5.74) is 5.77. The van der Waals surface area contributed by atoms with Gasteiger partial charge in [-0.25, -0.2) is 0 Å². The van der Waals surface area contributed by atoms with E-state index in [0.29, 0.717) is 30.3 Å². The topological polar surface area (TPSA) is 83.8 Å². The zero-order chi connectivity index (χ0) is 28.7. The number of carbonyl (C=O) groups excluding carboxylic acids is 2. The number of hydrogen-bond donors (Lipinski definition) is 2. The number of rotatable bonds is 7. The van der Waals surface area contributed by atoms with E-state index in [1.54, 1.807) is 18.2 Å². The Bertz CT molecular complexity index is 1570. The summed E-state index contributed by atoms with van der Waals surface area (Å²) in [6.45, 7) is 4.28. The van der Waals surface area contributed by atoms with Crippen molar-refractivity contribution in [3.8, 4) is 5.75 Å². The van der Waals surface area contributed by atoms with Gasteiger partial charge < -0.3 is 14.8 Å². The highest BCUT2D eigenvalue weighted by atomic mass is 16.5. The number of benzene rings is 3. The lowest BCUT2D eigenvalue weighted by atomic mass is 9.54. The molecule has 41 heavy (non-hydrogen) atoms. The van der Waals surface area contributed by atoms with E-state index >= 15 is 0 Å². The molecule has 1 fully saturated rings. The molecule has 0 radical (unpaired) electrons. The van der Waals surface area contributed by atoms with E-state index in [0.717, 1.165) is 47.6 Å². The summed E-state index contributed by atoms with van der Waals surface area (Å²) in [5, 5.41) is 23.1. The number of fused-ring (bicyclic) bond motifs is 5. The zero-order valence-corrected chi connectivity index (χ0v) is 23.8. The summed E-state index contributed by atoms with van der Waals surface area (Å²) in [4.78, 5) is 27.4. The van der Waals surface area contributed by atoms with Crippen molar-refractivity contribution < 1.29 is 24.4 Å².